The van der Waals surface area contributed by atoms with E-state index in [9.17, 15) is 9.90 Å². The van der Waals surface area contributed by atoms with E-state index in [-0.39, 0.29) is 10.2 Å². The summed E-state index contributed by atoms with van der Waals surface area (Å²) in [5, 5.41) is 13.3. The normalized spacial score (nSPS) is 19.8. The Morgan fingerprint density at radius 2 is 2.32 bits per heavy atom. The Morgan fingerprint density at radius 1 is 1.59 bits per heavy atom. The maximum atomic E-state index is 11.4. The molecule has 1 aromatic carbocycles. The van der Waals surface area contributed by atoms with Crippen LogP contribution in [0.2, 0.25) is 0 Å². The van der Waals surface area contributed by atoms with Crippen LogP contribution in [0.1, 0.15) is 42.9 Å². The lowest BCUT2D eigenvalue weighted by atomic mass is 9.90. The minimum atomic E-state index is -0.195. The van der Waals surface area contributed by atoms with Gasteiger partial charge in [0.1, 0.15) is 5.75 Å². The second-order valence-corrected chi connectivity index (χ2v) is 8.00. The van der Waals surface area contributed by atoms with Crippen molar-refractivity contribution in [1.29, 1.82) is 0 Å². The van der Waals surface area contributed by atoms with Crippen molar-refractivity contribution in [2.75, 3.05) is 6.54 Å². The molecule has 1 amide bonds. The first-order valence-electron chi connectivity index (χ1n) is 7.53. The van der Waals surface area contributed by atoms with Crippen molar-refractivity contribution >= 4 is 37.8 Å². The van der Waals surface area contributed by atoms with Gasteiger partial charge in [0.25, 0.3) is 0 Å². The van der Waals surface area contributed by atoms with E-state index >= 15 is 0 Å². The third-order valence-electron chi connectivity index (χ3n) is 4.19. The van der Waals surface area contributed by atoms with Crippen LogP contribution in [-0.4, -0.2) is 17.6 Å². The second kappa shape index (κ2) is 7.18. The summed E-state index contributed by atoms with van der Waals surface area (Å²) < 4.78 is 0.541. The number of halogens is 2. The molecule has 1 aliphatic carbocycles. The van der Waals surface area contributed by atoms with E-state index in [2.05, 4.69) is 43.8 Å². The fourth-order valence-corrected chi connectivity index (χ4v) is 4.49. The van der Waals surface area contributed by atoms with Crippen LogP contribution >= 0.6 is 31.9 Å². The molecule has 1 aromatic rings. The molecule has 0 spiro atoms. The van der Waals surface area contributed by atoms with Gasteiger partial charge in [0, 0.05) is 18.5 Å². The van der Waals surface area contributed by atoms with Gasteiger partial charge in [0.15, 0.2) is 0 Å². The molecule has 0 fully saturated rings. The summed E-state index contributed by atoms with van der Waals surface area (Å²) in [4.78, 5) is 11.4. The topological polar surface area (TPSA) is 49.3 Å². The van der Waals surface area contributed by atoms with Gasteiger partial charge in [0.05, 0.1) is 8.80 Å². The second-order valence-electron chi connectivity index (χ2n) is 5.63. The molecule has 5 heteroatoms. The van der Waals surface area contributed by atoms with E-state index in [0.717, 1.165) is 29.3 Å². The van der Waals surface area contributed by atoms with E-state index in [1.165, 1.54) is 11.1 Å². The zero-order chi connectivity index (χ0) is 16.3. The molecule has 2 rings (SSSR count). The van der Waals surface area contributed by atoms with E-state index in [1.54, 1.807) is 0 Å². The van der Waals surface area contributed by atoms with Crippen molar-refractivity contribution in [3.8, 4) is 5.75 Å². The van der Waals surface area contributed by atoms with Crippen molar-refractivity contribution in [2.45, 2.75) is 43.4 Å². The number of rotatable bonds is 6. The summed E-state index contributed by atoms with van der Waals surface area (Å²) in [7, 11) is 0. The van der Waals surface area contributed by atoms with Gasteiger partial charge in [0.2, 0.25) is 5.91 Å². The average molecular weight is 431 g/mol. The standard InChI is InChI=1S/C17H21Br2NO2/c1-3-5-12-15-11(10-13(18)16(12)22)6-7-17(15,19)8-9-20-14(21)4-2/h3,10,22H,1,4-9H2,2H3,(H,20,21). The molecule has 0 heterocycles. The largest absolute Gasteiger partial charge is 0.506 e. The van der Waals surface area contributed by atoms with E-state index in [1.807, 2.05) is 19.1 Å². The maximum absolute atomic E-state index is 11.4. The zero-order valence-electron chi connectivity index (χ0n) is 12.7. The molecule has 1 atom stereocenters. The molecule has 2 N–H and O–H groups in total. The number of hydrogen-bond acceptors (Lipinski definition) is 2. The molecule has 1 aliphatic rings. The molecule has 0 saturated heterocycles. The van der Waals surface area contributed by atoms with Gasteiger partial charge in [-0.3, -0.25) is 4.79 Å². The minimum Gasteiger partial charge on any atom is -0.506 e. The fourth-order valence-electron chi connectivity index (χ4n) is 3.08. The lowest BCUT2D eigenvalue weighted by Gasteiger charge is -2.26. The van der Waals surface area contributed by atoms with Crippen molar-refractivity contribution in [2.24, 2.45) is 0 Å². The molecule has 0 aromatic heterocycles. The Morgan fingerprint density at radius 3 is 2.95 bits per heavy atom. The summed E-state index contributed by atoms with van der Waals surface area (Å²) in [6.45, 7) is 6.27. The van der Waals surface area contributed by atoms with Crippen LogP contribution in [0.3, 0.4) is 0 Å². The van der Waals surface area contributed by atoms with Gasteiger partial charge in [-0.25, -0.2) is 0 Å². The first-order valence-corrected chi connectivity index (χ1v) is 9.11. The number of benzene rings is 1. The SMILES string of the molecule is C=CCc1c(O)c(Br)cc2c1C(Br)(CCNC(=O)CC)CC2. The summed E-state index contributed by atoms with van der Waals surface area (Å²) in [6.07, 6.45) is 5.67. The van der Waals surface area contributed by atoms with E-state index < -0.39 is 0 Å². The predicted octanol–water partition coefficient (Wildman–Crippen LogP) is 4.34. The molecule has 1 unspecified atom stereocenters. The van der Waals surface area contributed by atoms with Crippen LogP contribution in [0.5, 0.6) is 5.75 Å². The number of phenolic OH excluding ortho intramolecular Hbond substituents is 1. The number of fused-ring (bicyclic) bond motifs is 1. The monoisotopic (exact) mass is 429 g/mol. The van der Waals surface area contributed by atoms with Crippen LogP contribution in [-0.2, 0) is 22.0 Å². The highest BCUT2D eigenvalue weighted by Gasteiger charge is 2.39. The Balaban J connectivity index is 2.31. The number of carbonyl (C=O) groups is 1. The van der Waals surface area contributed by atoms with Gasteiger partial charge in [-0.1, -0.05) is 28.9 Å². The van der Waals surface area contributed by atoms with Crippen molar-refractivity contribution < 1.29 is 9.90 Å². The number of aryl methyl sites for hydroxylation is 1. The number of phenols is 1. The van der Waals surface area contributed by atoms with E-state index in [0.29, 0.717) is 25.1 Å². The summed E-state index contributed by atoms with van der Waals surface area (Å²) >= 11 is 7.32. The van der Waals surface area contributed by atoms with Crippen LogP contribution in [0.25, 0.3) is 0 Å². The lowest BCUT2D eigenvalue weighted by Crippen LogP contribution is -2.28. The van der Waals surface area contributed by atoms with Crippen LogP contribution < -0.4 is 5.32 Å². The molecular weight excluding hydrogens is 410 g/mol. The highest BCUT2D eigenvalue weighted by Crippen LogP contribution is 2.51. The van der Waals surface area contributed by atoms with Gasteiger partial charge in [-0.2, -0.15) is 0 Å². The molecule has 0 aliphatic heterocycles. The molecule has 0 saturated carbocycles. The van der Waals surface area contributed by atoms with Crippen LogP contribution in [0.15, 0.2) is 23.2 Å². The average Bonchev–Trinajstić information content (AvgIpc) is 2.80. The van der Waals surface area contributed by atoms with E-state index in [4.69, 9.17) is 0 Å². The summed E-state index contributed by atoms with van der Waals surface area (Å²) in [6, 6.07) is 2.00. The third kappa shape index (κ3) is 3.40. The van der Waals surface area contributed by atoms with Crippen LogP contribution in [0.4, 0.5) is 0 Å². The fraction of sp³-hybridized carbons (Fsp3) is 0.471. The maximum Gasteiger partial charge on any atom is 0.219 e. The van der Waals surface area contributed by atoms with Crippen LogP contribution in [0, 0.1) is 0 Å². The highest BCUT2D eigenvalue weighted by molar-refractivity contribution is 9.10. The molecule has 0 radical (unpaired) electrons. The van der Waals surface area contributed by atoms with Crippen molar-refractivity contribution in [3.63, 3.8) is 0 Å². The number of allylic oxidation sites excluding steroid dienone is 1. The smallest absolute Gasteiger partial charge is 0.219 e. The molecule has 22 heavy (non-hydrogen) atoms. The number of amides is 1. The van der Waals surface area contributed by atoms with Gasteiger partial charge in [-0.15, -0.1) is 6.58 Å². The predicted molar refractivity (Wildman–Crippen MR) is 96.6 cm³/mol. The summed E-state index contributed by atoms with van der Waals surface area (Å²) in [5.74, 6) is 0.362. The van der Waals surface area contributed by atoms with Gasteiger partial charge < -0.3 is 10.4 Å². The third-order valence-corrected chi connectivity index (χ3v) is 5.98. The number of alkyl halides is 1. The molecule has 120 valence electrons. The number of aromatic hydroxyl groups is 1. The van der Waals surface area contributed by atoms with Crippen molar-refractivity contribution in [1.82, 2.24) is 5.32 Å². The Bertz CT molecular complexity index is 601. The Hall–Kier alpha value is -0.810. The lowest BCUT2D eigenvalue weighted by molar-refractivity contribution is -0.120. The van der Waals surface area contributed by atoms with Gasteiger partial charge >= 0.3 is 0 Å². The highest BCUT2D eigenvalue weighted by atomic mass is 79.9. The Labute approximate surface area is 148 Å². The number of hydrogen-bond donors (Lipinski definition) is 2. The summed E-state index contributed by atoms with van der Waals surface area (Å²) in [5.41, 5.74) is 3.34. The Kier molecular flexibility index (Phi) is 5.72. The molecular formula is C17H21Br2NO2. The van der Waals surface area contributed by atoms with Crippen molar-refractivity contribution in [3.05, 3.63) is 39.9 Å². The first kappa shape index (κ1) is 17.5. The molecule has 3 nitrogen and oxygen atoms in total. The quantitative estimate of drug-likeness (QED) is 0.521. The number of carbonyl (C=O) groups excluding carboxylic acids is 1. The van der Waals surface area contributed by atoms with Gasteiger partial charge in [-0.05, 0) is 58.8 Å². The minimum absolute atomic E-state index is 0.0688. The first-order chi connectivity index (χ1) is 10.4. The number of nitrogens with one attached hydrogen (secondary N) is 1. The molecule has 0 bridgehead atoms. The zero-order valence-corrected chi connectivity index (χ0v) is 15.9.